The predicted molar refractivity (Wildman–Crippen MR) is 102 cm³/mol. The van der Waals surface area contributed by atoms with E-state index in [1.54, 1.807) is 19.1 Å². The summed E-state index contributed by atoms with van der Waals surface area (Å²) in [4.78, 5) is 12.5. The molecule has 29 heavy (non-hydrogen) atoms. The Hall–Kier alpha value is -2.43. The smallest absolute Gasteiger partial charge is 0.273 e. The molecule has 0 saturated heterocycles. The van der Waals surface area contributed by atoms with Crippen LogP contribution in [0.25, 0.3) is 0 Å². The van der Waals surface area contributed by atoms with E-state index in [-0.39, 0.29) is 36.6 Å². The molecule has 1 saturated carbocycles. The third kappa shape index (κ3) is 5.14. The van der Waals surface area contributed by atoms with E-state index in [2.05, 4.69) is 10.5 Å². The summed E-state index contributed by atoms with van der Waals surface area (Å²) >= 11 is 0. The van der Waals surface area contributed by atoms with Crippen molar-refractivity contribution in [1.82, 2.24) is 10.5 Å². The van der Waals surface area contributed by atoms with Gasteiger partial charge < -0.3 is 24.8 Å². The van der Waals surface area contributed by atoms with Crippen molar-refractivity contribution in [1.29, 1.82) is 0 Å². The van der Waals surface area contributed by atoms with Gasteiger partial charge in [-0.15, -0.1) is 0 Å². The first-order valence-electron chi connectivity index (χ1n) is 9.09. The van der Waals surface area contributed by atoms with Gasteiger partial charge >= 0.3 is 0 Å². The molecule has 1 aliphatic rings. The number of aliphatic hydroxyl groups excluding tert-OH is 2. The maximum Gasteiger partial charge on any atom is 0.273 e. The van der Waals surface area contributed by atoms with E-state index in [1.165, 1.54) is 18.2 Å². The van der Waals surface area contributed by atoms with Crippen molar-refractivity contribution >= 4 is 15.7 Å². The summed E-state index contributed by atoms with van der Waals surface area (Å²) in [7, 11) is -3.30. The van der Waals surface area contributed by atoms with Crippen LogP contribution in [-0.4, -0.2) is 61.3 Å². The van der Waals surface area contributed by atoms with Crippen LogP contribution in [0.4, 0.5) is 0 Å². The molecule has 1 unspecified atom stereocenters. The fourth-order valence-electron chi connectivity index (χ4n) is 3.41. The molecule has 9 nitrogen and oxygen atoms in total. The van der Waals surface area contributed by atoms with Gasteiger partial charge in [0.15, 0.2) is 15.5 Å². The highest BCUT2D eigenvalue weighted by atomic mass is 32.2. The van der Waals surface area contributed by atoms with E-state index < -0.39 is 33.4 Å². The summed E-state index contributed by atoms with van der Waals surface area (Å²) in [6.07, 6.45) is -0.227. The van der Waals surface area contributed by atoms with Gasteiger partial charge in [0.25, 0.3) is 5.91 Å². The number of hydrogen-bond donors (Lipinski definition) is 3. The fraction of sp³-hybridized carbons (Fsp3) is 0.474. The maximum atomic E-state index is 12.3. The average Bonchev–Trinajstić information content (AvgIpc) is 3.21. The number of aryl methyl sites for hydroxylation is 1. The quantitative estimate of drug-likeness (QED) is 0.590. The molecule has 3 N–H and O–H groups in total. The molecule has 0 radical (unpaired) electrons. The van der Waals surface area contributed by atoms with Gasteiger partial charge in [-0.2, -0.15) is 0 Å². The second-order valence-corrected chi connectivity index (χ2v) is 9.60. The van der Waals surface area contributed by atoms with Gasteiger partial charge in [0.2, 0.25) is 0 Å². The number of aromatic nitrogens is 1. The Kier molecular flexibility index (Phi) is 5.97. The van der Waals surface area contributed by atoms with Crippen LogP contribution in [0.3, 0.4) is 0 Å². The van der Waals surface area contributed by atoms with Crippen molar-refractivity contribution in [2.45, 2.75) is 36.9 Å². The van der Waals surface area contributed by atoms with Crippen molar-refractivity contribution in [2.24, 2.45) is 5.41 Å². The first kappa shape index (κ1) is 21.3. The van der Waals surface area contributed by atoms with E-state index in [9.17, 15) is 23.4 Å². The lowest BCUT2D eigenvalue weighted by Gasteiger charge is -2.29. The van der Waals surface area contributed by atoms with Gasteiger partial charge in [-0.25, -0.2) is 8.42 Å². The number of rotatable bonds is 7. The highest BCUT2D eigenvalue weighted by Crippen LogP contribution is 2.38. The van der Waals surface area contributed by atoms with Gasteiger partial charge in [0.05, 0.1) is 23.7 Å². The molecule has 1 heterocycles. The van der Waals surface area contributed by atoms with Crippen LogP contribution < -0.4 is 10.1 Å². The van der Waals surface area contributed by atoms with E-state index in [4.69, 9.17) is 9.26 Å². The Morgan fingerprint density at radius 1 is 1.28 bits per heavy atom. The number of aliphatic hydroxyl groups is 2. The standard InChI is InChI=1S/C19H24N2O7S/c1-12-7-15(21-28-12)18(24)20-10-19(8-16(22)17(23)9-19)11-27-13-3-5-14(6-4-13)29(2,25)26/h3-7,16-17,22-23H,8-11H2,1-2H3,(H,20,24)/t16-,17+,19?. The molecular formula is C19H24N2O7S. The van der Waals surface area contributed by atoms with Crippen LogP contribution in [0, 0.1) is 12.3 Å². The minimum absolute atomic E-state index is 0.122. The Morgan fingerprint density at radius 2 is 1.90 bits per heavy atom. The largest absolute Gasteiger partial charge is 0.493 e. The molecule has 3 atom stereocenters. The van der Waals surface area contributed by atoms with E-state index in [0.29, 0.717) is 11.5 Å². The number of sulfone groups is 1. The van der Waals surface area contributed by atoms with Crippen molar-refractivity contribution in [2.75, 3.05) is 19.4 Å². The first-order chi connectivity index (χ1) is 13.6. The lowest BCUT2D eigenvalue weighted by molar-refractivity contribution is 0.0438. The van der Waals surface area contributed by atoms with Crippen LogP contribution in [0.1, 0.15) is 29.1 Å². The molecule has 1 aromatic carbocycles. The molecule has 0 aliphatic heterocycles. The Bertz CT molecular complexity index is 959. The molecule has 1 fully saturated rings. The van der Waals surface area contributed by atoms with Crippen molar-refractivity contribution < 1.29 is 32.7 Å². The van der Waals surface area contributed by atoms with Gasteiger partial charge in [-0.3, -0.25) is 4.79 Å². The molecule has 0 bridgehead atoms. The Balaban J connectivity index is 1.67. The monoisotopic (exact) mass is 424 g/mol. The highest BCUT2D eigenvalue weighted by molar-refractivity contribution is 7.90. The molecule has 3 rings (SSSR count). The van der Waals surface area contributed by atoms with Gasteiger partial charge in [0.1, 0.15) is 11.5 Å². The zero-order chi connectivity index (χ0) is 21.2. The number of carbonyl (C=O) groups is 1. The van der Waals surface area contributed by atoms with Gasteiger partial charge in [-0.1, -0.05) is 5.16 Å². The van der Waals surface area contributed by atoms with Crippen molar-refractivity contribution in [3.05, 3.63) is 41.8 Å². The number of carbonyl (C=O) groups excluding carboxylic acids is 1. The Labute approximate surface area is 168 Å². The topological polar surface area (TPSA) is 139 Å². The zero-order valence-electron chi connectivity index (χ0n) is 16.2. The third-order valence-corrected chi connectivity index (χ3v) is 6.14. The summed E-state index contributed by atoms with van der Waals surface area (Å²) in [5.74, 6) is 0.540. The lowest BCUT2D eigenvalue weighted by Crippen LogP contribution is -2.40. The van der Waals surface area contributed by atoms with Crippen LogP contribution in [0.15, 0.2) is 39.8 Å². The van der Waals surface area contributed by atoms with Crippen LogP contribution in [0.2, 0.25) is 0 Å². The summed E-state index contributed by atoms with van der Waals surface area (Å²) < 4.78 is 33.8. The van der Waals surface area contributed by atoms with Gasteiger partial charge in [0, 0.05) is 24.3 Å². The Morgan fingerprint density at radius 3 is 2.41 bits per heavy atom. The van der Waals surface area contributed by atoms with Crippen molar-refractivity contribution in [3.63, 3.8) is 0 Å². The second-order valence-electron chi connectivity index (χ2n) is 7.58. The summed E-state index contributed by atoms with van der Waals surface area (Å²) in [6, 6.07) is 7.50. The molecular weight excluding hydrogens is 400 g/mol. The maximum absolute atomic E-state index is 12.3. The van der Waals surface area contributed by atoms with E-state index >= 15 is 0 Å². The number of ether oxygens (including phenoxy) is 1. The van der Waals surface area contributed by atoms with Crippen LogP contribution >= 0.6 is 0 Å². The number of nitrogens with zero attached hydrogens (tertiary/aromatic N) is 1. The van der Waals surface area contributed by atoms with Crippen LogP contribution in [-0.2, 0) is 9.84 Å². The summed E-state index contributed by atoms with van der Waals surface area (Å²) in [5, 5.41) is 26.5. The SMILES string of the molecule is Cc1cc(C(=O)NCC2(COc3ccc(S(C)(=O)=O)cc3)C[C@@H](O)[C@@H](O)C2)no1. The van der Waals surface area contributed by atoms with E-state index in [0.717, 1.165) is 6.26 Å². The fourth-order valence-corrected chi connectivity index (χ4v) is 4.04. The molecule has 1 aliphatic carbocycles. The summed E-state index contributed by atoms with van der Waals surface area (Å²) in [6.45, 7) is 1.96. The molecule has 1 aromatic heterocycles. The number of nitrogens with one attached hydrogen (secondary N) is 1. The summed E-state index contributed by atoms with van der Waals surface area (Å²) in [5.41, 5.74) is -0.544. The third-order valence-electron chi connectivity index (χ3n) is 5.01. The number of hydrogen-bond acceptors (Lipinski definition) is 8. The lowest BCUT2D eigenvalue weighted by atomic mass is 9.86. The molecule has 10 heteroatoms. The normalized spacial score (nSPS) is 24.4. The van der Waals surface area contributed by atoms with Crippen molar-refractivity contribution in [3.8, 4) is 5.75 Å². The second kappa shape index (κ2) is 8.13. The minimum atomic E-state index is -3.30. The molecule has 158 valence electrons. The average molecular weight is 424 g/mol. The molecule has 0 spiro atoms. The minimum Gasteiger partial charge on any atom is -0.493 e. The molecule has 2 aromatic rings. The van der Waals surface area contributed by atoms with Crippen LogP contribution in [0.5, 0.6) is 5.75 Å². The van der Waals surface area contributed by atoms with Gasteiger partial charge in [-0.05, 0) is 44.0 Å². The number of benzene rings is 1. The number of amides is 1. The molecule has 1 amide bonds. The highest BCUT2D eigenvalue weighted by Gasteiger charge is 2.45. The zero-order valence-corrected chi connectivity index (χ0v) is 17.0. The van der Waals surface area contributed by atoms with E-state index in [1.807, 2.05) is 0 Å². The first-order valence-corrected chi connectivity index (χ1v) is 11.0. The predicted octanol–water partition coefficient (Wildman–Crippen LogP) is 0.697.